The van der Waals surface area contributed by atoms with Crippen LogP contribution < -0.4 is 15.1 Å². The van der Waals surface area contributed by atoms with Gasteiger partial charge in [-0.3, -0.25) is 48.7 Å². The first-order valence-corrected chi connectivity index (χ1v) is 19.3. The predicted molar refractivity (Wildman–Crippen MR) is 201 cm³/mol. The normalized spacial score (nSPS) is 22.5. The Morgan fingerprint density at radius 3 is 2.31 bits per heavy atom. The van der Waals surface area contributed by atoms with E-state index in [-0.39, 0.29) is 18.4 Å². The quantitative estimate of drug-likeness (QED) is 0.266. The number of piperazine rings is 1. The Bertz CT molecular complexity index is 2180. The van der Waals surface area contributed by atoms with Crippen LogP contribution in [0.25, 0.3) is 21.8 Å². The second-order valence-electron chi connectivity index (χ2n) is 15.4. The zero-order valence-corrected chi connectivity index (χ0v) is 30.6. The monoisotopic (exact) mass is 754 g/mol. The maximum atomic E-state index is 14.2. The number of anilines is 2. The summed E-state index contributed by atoms with van der Waals surface area (Å²) in [6, 6.07) is 11.8. The highest BCUT2D eigenvalue weighted by atomic mass is 19.3. The molecule has 2 aromatic carbocycles. The lowest BCUT2D eigenvalue weighted by atomic mass is 9.89. The fraction of sp³-hybridized carbons (Fsp3) is 0.475. The Morgan fingerprint density at radius 2 is 1.53 bits per heavy atom. The van der Waals surface area contributed by atoms with E-state index in [1.807, 2.05) is 24.3 Å². The van der Waals surface area contributed by atoms with Crippen LogP contribution in [0.4, 0.5) is 20.2 Å². The van der Waals surface area contributed by atoms with Crippen LogP contribution >= 0.6 is 0 Å². The van der Waals surface area contributed by atoms with Crippen LogP contribution in [0, 0.1) is 0 Å². The molecule has 4 fully saturated rings. The number of halogens is 2. The summed E-state index contributed by atoms with van der Waals surface area (Å²) in [5, 5.41) is 3.76. The Kier molecular flexibility index (Phi) is 9.25. The molecule has 5 aliphatic heterocycles. The van der Waals surface area contributed by atoms with Gasteiger partial charge in [-0.05, 0) is 75.2 Å². The number of carbonyl (C=O) groups excluding carboxylic acids is 4. The first-order valence-electron chi connectivity index (χ1n) is 19.3. The molecule has 0 saturated carbocycles. The third-order valence-corrected chi connectivity index (χ3v) is 12.3. The van der Waals surface area contributed by atoms with E-state index in [9.17, 15) is 28.0 Å². The van der Waals surface area contributed by atoms with Crippen molar-refractivity contribution in [3.05, 3.63) is 66.0 Å². The molecule has 15 heteroatoms. The summed E-state index contributed by atoms with van der Waals surface area (Å²) in [4.78, 5) is 65.1. The van der Waals surface area contributed by atoms with Crippen molar-refractivity contribution in [1.82, 2.24) is 29.6 Å². The molecule has 4 aromatic rings. The average molecular weight is 755 g/mol. The fourth-order valence-electron chi connectivity index (χ4n) is 9.28. The minimum atomic E-state index is -2.64. The molecule has 4 amide bonds. The largest absolute Gasteiger partial charge is 0.372 e. The van der Waals surface area contributed by atoms with Crippen molar-refractivity contribution in [2.45, 2.75) is 50.3 Å². The average Bonchev–Trinajstić information content (AvgIpc) is 3.65. The number of amides is 4. The fourth-order valence-corrected chi connectivity index (χ4v) is 9.28. The number of aromatic nitrogens is 2. The van der Waals surface area contributed by atoms with Crippen molar-refractivity contribution >= 4 is 56.8 Å². The number of hydrogen-bond donors (Lipinski definition) is 1. The maximum absolute atomic E-state index is 14.2. The summed E-state index contributed by atoms with van der Waals surface area (Å²) in [5.41, 5.74) is 3.23. The molecule has 55 heavy (non-hydrogen) atoms. The summed E-state index contributed by atoms with van der Waals surface area (Å²) < 4.78 is 35.9. The van der Waals surface area contributed by atoms with E-state index >= 15 is 0 Å². The molecule has 13 nitrogen and oxygen atoms in total. The highest BCUT2D eigenvalue weighted by Gasteiger charge is 2.45. The van der Waals surface area contributed by atoms with E-state index in [1.165, 1.54) is 0 Å². The third kappa shape index (κ3) is 6.51. The Balaban J connectivity index is 0.752. The molecule has 0 bridgehead atoms. The molecule has 1 atom stereocenters. The van der Waals surface area contributed by atoms with E-state index in [4.69, 9.17) is 4.74 Å². The van der Waals surface area contributed by atoms with Gasteiger partial charge in [-0.1, -0.05) is 6.07 Å². The van der Waals surface area contributed by atoms with Gasteiger partial charge in [-0.25, -0.2) is 0 Å². The van der Waals surface area contributed by atoms with Gasteiger partial charge in [0.25, 0.3) is 11.8 Å². The number of hydrogen-bond acceptors (Lipinski definition) is 10. The molecule has 1 spiro atoms. The van der Waals surface area contributed by atoms with Gasteiger partial charge in [-0.2, -0.15) is 8.78 Å². The number of piperidine rings is 2. The van der Waals surface area contributed by atoms with Crippen molar-refractivity contribution in [3.8, 4) is 0 Å². The molecule has 4 saturated heterocycles. The number of imide groups is 2. The molecule has 9 rings (SSSR count). The maximum Gasteiger partial charge on any atom is 0.319 e. The van der Waals surface area contributed by atoms with E-state index in [2.05, 4.69) is 29.9 Å². The molecule has 5 aliphatic rings. The van der Waals surface area contributed by atoms with Crippen LogP contribution in [0.15, 0.2) is 54.9 Å². The predicted octanol–water partition coefficient (Wildman–Crippen LogP) is 3.87. The van der Waals surface area contributed by atoms with E-state index in [0.717, 1.165) is 116 Å². The summed E-state index contributed by atoms with van der Waals surface area (Å²) in [6.07, 6.45) is 6.23. The Morgan fingerprint density at radius 1 is 0.800 bits per heavy atom. The van der Waals surface area contributed by atoms with Gasteiger partial charge < -0.3 is 14.5 Å². The van der Waals surface area contributed by atoms with Crippen LogP contribution in [0.3, 0.4) is 0 Å². The molecule has 1 N–H and O–H groups in total. The minimum Gasteiger partial charge on any atom is -0.372 e. The second kappa shape index (κ2) is 14.3. The SMILES string of the molecule is O=C1CCC(N2C(=O)c3ccc(N4CCN(CCCN5CCOC6(CCN(c7ccc8c9cnccc9n(C(F)F)c8c7)CC6)C5)CC4)cc3C2=O)C(=O)N1. The highest BCUT2D eigenvalue weighted by molar-refractivity contribution is 6.23. The number of nitrogens with zero attached hydrogens (tertiary/aromatic N) is 7. The minimum absolute atomic E-state index is 0.0900. The third-order valence-electron chi connectivity index (χ3n) is 12.3. The topological polar surface area (TPSA) is 124 Å². The number of ether oxygens (including phenoxy) is 1. The lowest BCUT2D eigenvalue weighted by Gasteiger charge is -2.48. The summed E-state index contributed by atoms with van der Waals surface area (Å²) >= 11 is 0. The zero-order valence-electron chi connectivity index (χ0n) is 30.6. The number of pyridine rings is 1. The van der Waals surface area contributed by atoms with Gasteiger partial charge in [0, 0.05) is 93.3 Å². The van der Waals surface area contributed by atoms with Gasteiger partial charge in [0.15, 0.2) is 0 Å². The lowest BCUT2D eigenvalue weighted by Crippen LogP contribution is -2.57. The summed E-state index contributed by atoms with van der Waals surface area (Å²) in [6.45, 7) is 6.78. The smallest absolute Gasteiger partial charge is 0.319 e. The standard InChI is InChI=1S/C40H44F2N8O5/c41-39(42)49-32-8-11-43-24-31(32)28-4-2-27(23-34(28)49)47-14-9-40(10-15-47)25-46(20-21-55-40)13-1-12-45-16-18-48(19-17-45)26-3-5-29-30(22-26)38(54)50(37(29)53)33-6-7-35(51)44-36(33)52/h2-5,8,11,22-24,33,39H,1,6-7,9-10,12-21,25H2,(H,44,51,52). The van der Waals surface area contributed by atoms with Crippen LogP contribution in [-0.4, -0.2) is 132 Å². The van der Waals surface area contributed by atoms with Gasteiger partial charge >= 0.3 is 6.55 Å². The van der Waals surface area contributed by atoms with Gasteiger partial charge in [-0.15, -0.1) is 0 Å². The van der Waals surface area contributed by atoms with Crippen LogP contribution in [0.1, 0.15) is 59.4 Å². The van der Waals surface area contributed by atoms with E-state index in [0.29, 0.717) is 28.8 Å². The van der Waals surface area contributed by atoms with Gasteiger partial charge in [0.1, 0.15) is 6.04 Å². The summed E-state index contributed by atoms with van der Waals surface area (Å²) in [5.74, 6) is -1.98. The van der Waals surface area contributed by atoms with Crippen LogP contribution in [-0.2, 0) is 14.3 Å². The molecule has 288 valence electrons. The first-order chi connectivity index (χ1) is 26.7. The number of benzene rings is 2. The van der Waals surface area contributed by atoms with Crippen molar-refractivity contribution < 1.29 is 32.7 Å². The van der Waals surface area contributed by atoms with Crippen molar-refractivity contribution in [2.75, 3.05) is 81.9 Å². The number of rotatable bonds is 8. The zero-order chi connectivity index (χ0) is 37.8. The number of fused-ring (bicyclic) bond motifs is 4. The van der Waals surface area contributed by atoms with Gasteiger partial charge in [0.2, 0.25) is 11.8 Å². The van der Waals surface area contributed by atoms with Crippen LogP contribution in [0.5, 0.6) is 0 Å². The van der Waals surface area contributed by atoms with Crippen molar-refractivity contribution in [1.29, 1.82) is 0 Å². The molecular weight excluding hydrogens is 710 g/mol. The first kappa shape index (κ1) is 35.7. The molecule has 0 radical (unpaired) electrons. The summed E-state index contributed by atoms with van der Waals surface area (Å²) in [7, 11) is 0. The molecule has 7 heterocycles. The van der Waals surface area contributed by atoms with Crippen LogP contribution in [0.2, 0.25) is 0 Å². The van der Waals surface area contributed by atoms with Crippen molar-refractivity contribution in [2.24, 2.45) is 0 Å². The second-order valence-corrected chi connectivity index (χ2v) is 15.4. The Hall–Kier alpha value is -4.99. The number of nitrogens with one attached hydrogen (secondary N) is 1. The number of carbonyl (C=O) groups is 4. The lowest BCUT2D eigenvalue weighted by molar-refractivity contribution is -0.136. The number of morpholine rings is 1. The Labute approximate surface area is 316 Å². The number of alkyl halides is 2. The highest BCUT2D eigenvalue weighted by Crippen LogP contribution is 2.37. The van der Waals surface area contributed by atoms with Gasteiger partial charge in [0.05, 0.1) is 34.4 Å². The molecule has 1 unspecified atom stereocenters. The van der Waals surface area contributed by atoms with E-state index in [1.54, 1.807) is 30.6 Å². The van der Waals surface area contributed by atoms with Crippen molar-refractivity contribution in [3.63, 3.8) is 0 Å². The molecule has 2 aromatic heterocycles. The molecular formula is C40H44F2N8O5. The molecule has 0 aliphatic carbocycles. The van der Waals surface area contributed by atoms with E-state index < -0.39 is 36.2 Å².